The molecule has 0 spiro atoms. The summed E-state index contributed by atoms with van der Waals surface area (Å²) in [6, 6.07) is 10.3. The first-order valence-electron chi connectivity index (χ1n) is 7.29. The van der Waals surface area contributed by atoms with E-state index in [4.69, 9.17) is 21.1 Å². The molecule has 0 amide bonds. The maximum atomic E-state index is 12.2. The van der Waals surface area contributed by atoms with Crippen LogP contribution in [0.5, 0.6) is 5.75 Å². The summed E-state index contributed by atoms with van der Waals surface area (Å²) < 4.78 is 11.3. The molecule has 0 fully saturated rings. The number of hydrogen-bond donors (Lipinski definition) is 0. The first-order chi connectivity index (χ1) is 11.5. The molecule has 1 atom stereocenters. The van der Waals surface area contributed by atoms with Crippen molar-refractivity contribution in [1.82, 2.24) is 0 Å². The predicted molar refractivity (Wildman–Crippen MR) is 93.9 cm³/mol. The summed E-state index contributed by atoms with van der Waals surface area (Å²) in [5.74, 6) is 0.0670. The third kappa shape index (κ3) is 2.72. The van der Waals surface area contributed by atoms with Gasteiger partial charge in [-0.2, -0.15) is 0 Å². The summed E-state index contributed by atoms with van der Waals surface area (Å²) in [6.07, 6.45) is 1.29. The Balaban J connectivity index is 2.30. The van der Waals surface area contributed by atoms with E-state index in [-0.39, 0.29) is 0 Å². The van der Waals surface area contributed by atoms with Crippen molar-refractivity contribution in [3.8, 4) is 5.75 Å². The summed E-state index contributed by atoms with van der Waals surface area (Å²) >= 11 is 9.46. The van der Waals surface area contributed by atoms with E-state index >= 15 is 0 Å². The van der Waals surface area contributed by atoms with Crippen molar-refractivity contribution in [2.45, 2.75) is 11.8 Å². The van der Waals surface area contributed by atoms with Gasteiger partial charge in [0.05, 0.1) is 24.7 Å². The lowest BCUT2D eigenvalue weighted by atomic mass is 9.70. The Bertz CT molecular complexity index is 821. The van der Waals surface area contributed by atoms with Crippen molar-refractivity contribution < 1.29 is 19.1 Å². The van der Waals surface area contributed by atoms with E-state index in [0.717, 1.165) is 10.8 Å². The molecule has 2 aromatic rings. The summed E-state index contributed by atoms with van der Waals surface area (Å²) in [6.45, 7) is 0.346. The number of methoxy groups -OCH3 is 1. The van der Waals surface area contributed by atoms with Gasteiger partial charge in [-0.25, -0.2) is 4.79 Å². The second-order valence-corrected chi connectivity index (χ2v) is 6.86. The minimum Gasteiger partial charge on any atom is -0.493 e. The van der Waals surface area contributed by atoms with Crippen molar-refractivity contribution >= 4 is 39.8 Å². The summed E-state index contributed by atoms with van der Waals surface area (Å²) in [5.41, 5.74) is 0.642. The second kappa shape index (κ2) is 6.57. The SMILES string of the molecule is COC(=O)c1ccc(Br)cc1[C@]1(C=O)CCOc2cc(Cl)ccc21. The molecule has 4 nitrogen and oxygen atoms in total. The smallest absolute Gasteiger partial charge is 0.338 e. The monoisotopic (exact) mass is 408 g/mol. The zero-order valence-electron chi connectivity index (χ0n) is 12.8. The van der Waals surface area contributed by atoms with Crippen LogP contribution in [0, 0.1) is 0 Å². The van der Waals surface area contributed by atoms with Gasteiger partial charge >= 0.3 is 5.97 Å². The van der Waals surface area contributed by atoms with Gasteiger partial charge in [-0.1, -0.05) is 33.6 Å². The van der Waals surface area contributed by atoms with Crippen molar-refractivity contribution in [2.75, 3.05) is 13.7 Å². The van der Waals surface area contributed by atoms with Crippen molar-refractivity contribution in [1.29, 1.82) is 0 Å². The molecule has 0 saturated heterocycles. The summed E-state index contributed by atoms with van der Waals surface area (Å²) in [4.78, 5) is 24.5. The van der Waals surface area contributed by atoms with Crippen LogP contribution in [0.3, 0.4) is 0 Å². The highest BCUT2D eigenvalue weighted by molar-refractivity contribution is 9.10. The number of rotatable bonds is 3. The number of hydrogen-bond acceptors (Lipinski definition) is 4. The van der Waals surface area contributed by atoms with Crippen LogP contribution >= 0.6 is 27.5 Å². The third-order valence-electron chi connectivity index (χ3n) is 4.25. The highest BCUT2D eigenvalue weighted by Crippen LogP contribution is 2.45. The Morgan fingerprint density at radius 1 is 1.29 bits per heavy atom. The number of halogens is 2. The van der Waals surface area contributed by atoms with Gasteiger partial charge in [0.1, 0.15) is 12.0 Å². The average Bonchev–Trinajstić information content (AvgIpc) is 2.60. The Kier molecular flexibility index (Phi) is 4.65. The molecule has 2 aromatic carbocycles. The van der Waals surface area contributed by atoms with E-state index in [1.54, 1.807) is 36.4 Å². The van der Waals surface area contributed by atoms with E-state index in [1.807, 2.05) is 0 Å². The lowest BCUT2D eigenvalue weighted by Crippen LogP contribution is -2.37. The standard InChI is InChI=1S/C18H14BrClO4/c1-23-17(22)13-4-2-11(19)8-15(13)18(10-21)6-7-24-16-9-12(20)3-5-14(16)18/h2-5,8-10H,6-7H2,1H3/t18-/m0/s1. The Hall–Kier alpha value is -1.85. The molecule has 0 aliphatic carbocycles. The number of carbonyl (C=O) groups excluding carboxylic acids is 2. The average molecular weight is 410 g/mol. The lowest BCUT2D eigenvalue weighted by molar-refractivity contribution is -0.112. The van der Waals surface area contributed by atoms with Crippen LogP contribution in [0.25, 0.3) is 0 Å². The zero-order valence-corrected chi connectivity index (χ0v) is 15.2. The van der Waals surface area contributed by atoms with E-state index in [9.17, 15) is 9.59 Å². The number of esters is 1. The number of ether oxygens (including phenoxy) is 2. The van der Waals surface area contributed by atoms with Gasteiger partial charge in [-0.3, -0.25) is 0 Å². The third-order valence-corrected chi connectivity index (χ3v) is 4.98. The molecule has 0 saturated carbocycles. The largest absolute Gasteiger partial charge is 0.493 e. The molecule has 1 aliphatic heterocycles. The lowest BCUT2D eigenvalue weighted by Gasteiger charge is -2.36. The van der Waals surface area contributed by atoms with Gasteiger partial charge in [0.25, 0.3) is 0 Å². The highest BCUT2D eigenvalue weighted by Gasteiger charge is 2.42. The van der Waals surface area contributed by atoms with Gasteiger partial charge in [-0.05, 0) is 35.9 Å². The minimum atomic E-state index is -0.995. The molecule has 0 unspecified atom stereocenters. The molecule has 0 N–H and O–H groups in total. The van der Waals surface area contributed by atoms with Gasteiger partial charge in [-0.15, -0.1) is 0 Å². The van der Waals surface area contributed by atoms with Crippen molar-refractivity contribution in [3.05, 3.63) is 62.6 Å². The van der Waals surface area contributed by atoms with E-state index in [1.165, 1.54) is 7.11 Å². The molecular weight excluding hydrogens is 396 g/mol. The van der Waals surface area contributed by atoms with E-state index in [2.05, 4.69) is 15.9 Å². The quantitative estimate of drug-likeness (QED) is 0.564. The maximum absolute atomic E-state index is 12.2. The molecule has 0 aromatic heterocycles. The van der Waals surface area contributed by atoms with Crippen LogP contribution < -0.4 is 4.74 Å². The summed E-state index contributed by atoms with van der Waals surface area (Å²) in [5, 5.41) is 0.526. The topological polar surface area (TPSA) is 52.6 Å². The van der Waals surface area contributed by atoms with Crippen LogP contribution in [0.2, 0.25) is 5.02 Å². The fraction of sp³-hybridized carbons (Fsp3) is 0.222. The van der Waals surface area contributed by atoms with Crippen LogP contribution in [-0.4, -0.2) is 26.0 Å². The molecule has 0 bridgehead atoms. The minimum absolute atomic E-state index is 0.346. The van der Waals surface area contributed by atoms with Crippen LogP contribution in [0.15, 0.2) is 40.9 Å². The molecule has 1 aliphatic rings. The molecular formula is C18H14BrClO4. The number of benzene rings is 2. The molecule has 124 valence electrons. The fourth-order valence-electron chi connectivity index (χ4n) is 3.08. The highest BCUT2D eigenvalue weighted by atomic mass is 79.9. The Morgan fingerprint density at radius 3 is 2.79 bits per heavy atom. The van der Waals surface area contributed by atoms with E-state index < -0.39 is 11.4 Å². The van der Waals surface area contributed by atoms with Gasteiger partial charge < -0.3 is 14.3 Å². The van der Waals surface area contributed by atoms with Gasteiger partial charge in [0.2, 0.25) is 0 Å². The second-order valence-electron chi connectivity index (χ2n) is 5.51. The molecule has 0 radical (unpaired) electrons. The van der Waals surface area contributed by atoms with Crippen LogP contribution in [0.4, 0.5) is 0 Å². The number of carbonyl (C=O) groups is 2. The Labute approximate surface area is 152 Å². The van der Waals surface area contributed by atoms with E-state index in [0.29, 0.717) is 40.5 Å². The summed E-state index contributed by atoms with van der Waals surface area (Å²) in [7, 11) is 1.32. The van der Waals surface area contributed by atoms with Gasteiger partial charge in [0.15, 0.2) is 0 Å². The first kappa shape index (κ1) is 17.0. The molecule has 6 heteroatoms. The predicted octanol–water partition coefficient (Wildman–Crippen LogP) is 4.16. The number of fused-ring (bicyclic) bond motifs is 1. The number of aldehydes is 1. The zero-order chi connectivity index (χ0) is 17.3. The van der Waals surface area contributed by atoms with Crippen molar-refractivity contribution in [3.63, 3.8) is 0 Å². The van der Waals surface area contributed by atoms with Crippen molar-refractivity contribution in [2.24, 2.45) is 0 Å². The normalized spacial score (nSPS) is 19.1. The first-order valence-corrected chi connectivity index (χ1v) is 8.46. The fourth-order valence-corrected chi connectivity index (χ4v) is 3.60. The maximum Gasteiger partial charge on any atom is 0.338 e. The van der Waals surface area contributed by atoms with Gasteiger partial charge in [0, 0.05) is 21.5 Å². The molecule has 3 rings (SSSR count). The Morgan fingerprint density at radius 2 is 2.08 bits per heavy atom. The molecule has 1 heterocycles. The van der Waals surface area contributed by atoms with Crippen LogP contribution in [0.1, 0.15) is 27.9 Å². The van der Waals surface area contributed by atoms with Crippen LogP contribution in [-0.2, 0) is 14.9 Å². The molecule has 24 heavy (non-hydrogen) atoms.